The summed E-state index contributed by atoms with van der Waals surface area (Å²) < 4.78 is 1.68. The van der Waals surface area contributed by atoms with Gasteiger partial charge in [-0.1, -0.05) is 0 Å². The molecule has 6 heteroatoms. The number of pyridine rings is 1. The van der Waals surface area contributed by atoms with Crippen molar-refractivity contribution in [1.82, 2.24) is 30.5 Å². The molecule has 0 fully saturated rings. The molecule has 0 saturated heterocycles. The molecule has 0 bridgehead atoms. The summed E-state index contributed by atoms with van der Waals surface area (Å²) in [5, 5.41) is 14.4. The minimum absolute atomic E-state index is 0.634. The number of aromatic nitrogens is 5. The summed E-state index contributed by atoms with van der Waals surface area (Å²) in [6.45, 7) is 0.634. The first kappa shape index (κ1) is 8.76. The summed E-state index contributed by atoms with van der Waals surface area (Å²) in [5.74, 6) is 0.777. The van der Waals surface area contributed by atoms with E-state index >= 15 is 0 Å². The summed E-state index contributed by atoms with van der Waals surface area (Å²) in [5.41, 5.74) is 0.912. The van der Waals surface area contributed by atoms with E-state index in [1.807, 2.05) is 19.2 Å². The highest BCUT2D eigenvalue weighted by atomic mass is 15.5. The van der Waals surface area contributed by atoms with Gasteiger partial charge in [-0.15, -0.1) is 5.10 Å². The molecule has 2 rings (SSSR count). The SMILES string of the molecule is CNCc1nnnn1-c1ccncc1. The third kappa shape index (κ3) is 1.60. The number of nitrogens with zero attached hydrogens (tertiary/aromatic N) is 5. The Bertz CT molecular complexity index is 395. The highest BCUT2D eigenvalue weighted by Crippen LogP contribution is 2.04. The van der Waals surface area contributed by atoms with Crippen molar-refractivity contribution < 1.29 is 0 Å². The molecule has 2 aromatic heterocycles. The van der Waals surface area contributed by atoms with Crippen molar-refractivity contribution in [3.8, 4) is 5.69 Å². The zero-order valence-corrected chi connectivity index (χ0v) is 7.75. The fraction of sp³-hybridized carbons (Fsp3) is 0.250. The van der Waals surface area contributed by atoms with E-state index in [-0.39, 0.29) is 0 Å². The molecule has 0 spiro atoms. The second kappa shape index (κ2) is 3.93. The van der Waals surface area contributed by atoms with Crippen LogP contribution in [0.3, 0.4) is 0 Å². The Morgan fingerprint density at radius 1 is 1.36 bits per heavy atom. The van der Waals surface area contributed by atoms with Gasteiger partial charge in [-0.05, 0) is 29.6 Å². The average Bonchev–Trinajstić information content (AvgIpc) is 2.68. The van der Waals surface area contributed by atoms with E-state index in [0.29, 0.717) is 6.54 Å². The summed E-state index contributed by atoms with van der Waals surface area (Å²) in [6.07, 6.45) is 3.42. The van der Waals surface area contributed by atoms with Crippen LogP contribution >= 0.6 is 0 Å². The first-order valence-electron chi connectivity index (χ1n) is 4.24. The van der Waals surface area contributed by atoms with Crippen LogP contribution in [0.4, 0.5) is 0 Å². The van der Waals surface area contributed by atoms with Crippen LogP contribution in [0.5, 0.6) is 0 Å². The molecule has 0 aliphatic heterocycles. The molecule has 14 heavy (non-hydrogen) atoms. The third-order valence-electron chi connectivity index (χ3n) is 1.78. The van der Waals surface area contributed by atoms with Crippen molar-refractivity contribution >= 4 is 0 Å². The number of nitrogens with one attached hydrogen (secondary N) is 1. The molecule has 0 radical (unpaired) electrons. The maximum atomic E-state index is 3.93. The fourth-order valence-electron chi connectivity index (χ4n) is 1.16. The Balaban J connectivity index is 2.37. The average molecular weight is 190 g/mol. The lowest BCUT2D eigenvalue weighted by Crippen LogP contribution is -2.12. The van der Waals surface area contributed by atoms with E-state index in [9.17, 15) is 0 Å². The zero-order chi connectivity index (χ0) is 9.80. The van der Waals surface area contributed by atoms with Crippen molar-refractivity contribution in [2.75, 3.05) is 7.05 Å². The van der Waals surface area contributed by atoms with Gasteiger partial charge >= 0.3 is 0 Å². The van der Waals surface area contributed by atoms with Gasteiger partial charge in [-0.2, -0.15) is 4.68 Å². The Morgan fingerprint density at radius 3 is 2.86 bits per heavy atom. The van der Waals surface area contributed by atoms with Gasteiger partial charge in [0.1, 0.15) is 0 Å². The fourth-order valence-corrected chi connectivity index (χ4v) is 1.16. The van der Waals surface area contributed by atoms with E-state index in [1.165, 1.54) is 0 Å². The van der Waals surface area contributed by atoms with Crippen molar-refractivity contribution in [2.24, 2.45) is 0 Å². The normalized spacial score (nSPS) is 10.4. The van der Waals surface area contributed by atoms with Gasteiger partial charge in [0, 0.05) is 12.4 Å². The Kier molecular flexibility index (Phi) is 2.46. The quantitative estimate of drug-likeness (QED) is 0.724. The van der Waals surface area contributed by atoms with Gasteiger partial charge in [0.2, 0.25) is 0 Å². The standard InChI is InChI=1S/C8H10N6/c1-9-6-8-11-12-13-14(8)7-2-4-10-5-3-7/h2-5,9H,6H2,1H3. The highest BCUT2D eigenvalue weighted by molar-refractivity contribution is 5.27. The van der Waals surface area contributed by atoms with Crippen molar-refractivity contribution in [3.05, 3.63) is 30.4 Å². The van der Waals surface area contributed by atoms with Crippen LogP contribution in [-0.4, -0.2) is 32.2 Å². The monoisotopic (exact) mass is 190 g/mol. The maximum absolute atomic E-state index is 3.93. The summed E-state index contributed by atoms with van der Waals surface area (Å²) in [4.78, 5) is 3.93. The minimum atomic E-state index is 0.634. The smallest absolute Gasteiger partial charge is 0.170 e. The number of tetrazole rings is 1. The minimum Gasteiger partial charge on any atom is -0.313 e. The van der Waals surface area contributed by atoms with Gasteiger partial charge in [0.25, 0.3) is 0 Å². The first-order chi connectivity index (χ1) is 6.92. The second-order valence-electron chi connectivity index (χ2n) is 2.74. The van der Waals surface area contributed by atoms with Crippen LogP contribution in [0, 0.1) is 0 Å². The summed E-state index contributed by atoms with van der Waals surface area (Å²) >= 11 is 0. The van der Waals surface area contributed by atoms with E-state index in [4.69, 9.17) is 0 Å². The molecule has 0 amide bonds. The van der Waals surface area contributed by atoms with Gasteiger partial charge in [-0.25, -0.2) is 0 Å². The molecule has 6 nitrogen and oxygen atoms in total. The molecule has 2 aromatic rings. The van der Waals surface area contributed by atoms with E-state index in [0.717, 1.165) is 11.5 Å². The van der Waals surface area contributed by atoms with Crippen molar-refractivity contribution in [3.63, 3.8) is 0 Å². The summed E-state index contributed by atoms with van der Waals surface area (Å²) in [6, 6.07) is 3.71. The molecule has 0 aromatic carbocycles. The molecule has 0 aliphatic carbocycles. The number of hydrogen-bond donors (Lipinski definition) is 1. The van der Waals surface area contributed by atoms with Crippen LogP contribution in [0.15, 0.2) is 24.5 Å². The zero-order valence-electron chi connectivity index (χ0n) is 7.75. The van der Waals surface area contributed by atoms with Crippen LogP contribution in [-0.2, 0) is 6.54 Å². The lowest BCUT2D eigenvalue weighted by Gasteiger charge is -2.02. The largest absolute Gasteiger partial charge is 0.313 e. The van der Waals surface area contributed by atoms with Crippen LogP contribution in [0.2, 0.25) is 0 Å². The highest BCUT2D eigenvalue weighted by Gasteiger charge is 2.05. The molecule has 1 N–H and O–H groups in total. The molecule has 0 unspecified atom stereocenters. The maximum Gasteiger partial charge on any atom is 0.170 e. The van der Waals surface area contributed by atoms with Gasteiger partial charge in [0.05, 0.1) is 12.2 Å². The first-order valence-corrected chi connectivity index (χ1v) is 4.24. The van der Waals surface area contributed by atoms with E-state index in [2.05, 4.69) is 25.8 Å². The molecule has 0 saturated carbocycles. The summed E-state index contributed by atoms with van der Waals surface area (Å²) in [7, 11) is 1.85. The molecule has 2 heterocycles. The molecule has 72 valence electrons. The predicted molar refractivity (Wildman–Crippen MR) is 49.7 cm³/mol. The van der Waals surface area contributed by atoms with Crippen molar-refractivity contribution in [2.45, 2.75) is 6.54 Å². The third-order valence-corrected chi connectivity index (χ3v) is 1.78. The van der Waals surface area contributed by atoms with E-state index in [1.54, 1.807) is 17.1 Å². The molecule has 0 atom stereocenters. The van der Waals surface area contributed by atoms with Crippen LogP contribution in [0.1, 0.15) is 5.82 Å². The number of rotatable bonds is 3. The van der Waals surface area contributed by atoms with Crippen LogP contribution < -0.4 is 5.32 Å². The van der Waals surface area contributed by atoms with Crippen molar-refractivity contribution in [1.29, 1.82) is 0 Å². The molecular formula is C8H10N6. The lowest BCUT2D eigenvalue weighted by atomic mass is 10.4. The topological polar surface area (TPSA) is 68.5 Å². The Morgan fingerprint density at radius 2 is 2.14 bits per heavy atom. The Hall–Kier alpha value is -1.82. The van der Waals surface area contributed by atoms with Crippen LogP contribution in [0.25, 0.3) is 5.69 Å². The second-order valence-corrected chi connectivity index (χ2v) is 2.74. The Labute approximate surface area is 81.0 Å². The van der Waals surface area contributed by atoms with E-state index < -0.39 is 0 Å². The number of hydrogen-bond acceptors (Lipinski definition) is 5. The predicted octanol–water partition coefficient (Wildman–Crippen LogP) is -0.223. The van der Waals surface area contributed by atoms with Gasteiger partial charge in [0.15, 0.2) is 5.82 Å². The molecule has 0 aliphatic rings. The lowest BCUT2D eigenvalue weighted by molar-refractivity contribution is 0.708. The molecular weight excluding hydrogens is 180 g/mol. The van der Waals surface area contributed by atoms with Gasteiger partial charge in [-0.3, -0.25) is 4.98 Å². The van der Waals surface area contributed by atoms with Gasteiger partial charge < -0.3 is 5.32 Å².